The Morgan fingerprint density at radius 1 is 1.16 bits per heavy atom. The van der Waals surface area contributed by atoms with E-state index in [2.05, 4.69) is 20.9 Å². The summed E-state index contributed by atoms with van der Waals surface area (Å²) < 4.78 is 26.8. The fourth-order valence-electron chi connectivity index (χ4n) is 3.75. The molecular formula is C24H23ClF2N4O. The summed E-state index contributed by atoms with van der Waals surface area (Å²) in [7, 11) is 0. The Morgan fingerprint density at radius 2 is 1.97 bits per heavy atom. The van der Waals surface area contributed by atoms with Gasteiger partial charge in [0.15, 0.2) is 0 Å². The fourth-order valence-corrected chi connectivity index (χ4v) is 3.96. The second-order valence-corrected chi connectivity index (χ2v) is 8.20. The lowest BCUT2D eigenvalue weighted by atomic mass is 9.99. The molecule has 1 atom stereocenters. The van der Waals surface area contributed by atoms with Gasteiger partial charge in [0.25, 0.3) is 0 Å². The van der Waals surface area contributed by atoms with Crippen molar-refractivity contribution < 1.29 is 13.6 Å². The number of anilines is 2. The minimum Gasteiger partial charge on any atom is -0.381 e. The monoisotopic (exact) mass is 456 g/mol. The number of nitrogens with zero attached hydrogens (tertiary/aromatic N) is 1. The highest BCUT2D eigenvalue weighted by molar-refractivity contribution is 6.33. The molecule has 1 fully saturated rings. The van der Waals surface area contributed by atoms with Crippen LogP contribution >= 0.6 is 11.6 Å². The van der Waals surface area contributed by atoms with Gasteiger partial charge < -0.3 is 16.0 Å². The lowest BCUT2D eigenvalue weighted by molar-refractivity contribution is -0.120. The Morgan fingerprint density at radius 3 is 2.72 bits per heavy atom. The molecule has 3 N–H and O–H groups in total. The van der Waals surface area contributed by atoms with Gasteiger partial charge in [-0.15, -0.1) is 0 Å². The number of halogens is 3. The van der Waals surface area contributed by atoms with Gasteiger partial charge in [-0.05, 0) is 60.8 Å². The van der Waals surface area contributed by atoms with Crippen molar-refractivity contribution in [3.05, 3.63) is 76.9 Å². The van der Waals surface area contributed by atoms with Gasteiger partial charge in [-0.2, -0.15) is 0 Å². The smallest absolute Gasteiger partial charge is 0.229 e. The van der Waals surface area contributed by atoms with E-state index >= 15 is 0 Å². The second kappa shape index (κ2) is 10.1. The van der Waals surface area contributed by atoms with Gasteiger partial charge in [-0.1, -0.05) is 23.7 Å². The number of carbonyl (C=O) groups excluding carboxylic acids is 1. The number of pyridine rings is 1. The summed E-state index contributed by atoms with van der Waals surface area (Å²) in [6.07, 6.45) is 3.34. The number of amides is 1. The first kappa shape index (κ1) is 22.2. The molecule has 1 unspecified atom stereocenters. The molecule has 1 aliphatic rings. The molecular weight excluding hydrogens is 434 g/mol. The molecule has 0 spiro atoms. The van der Waals surface area contributed by atoms with Crippen LogP contribution in [-0.4, -0.2) is 24.0 Å². The lowest BCUT2D eigenvalue weighted by Gasteiger charge is -2.21. The molecule has 0 bridgehead atoms. The van der Waals surface area contributed by atoms with Gasteiger partial charge in [0.1, 0.15) is 17.5 Å². The number of benzene rings is 2. The predicted molar refractivity (Wildman–Crippen MR) is 123 cm³/mol. The number of hydrogen-bond acceptors (Lipinski definition) is 4. The van der Waals surface area contributed by atoms with Crippen LogP contribution in [0, 0.1) is 17.6 Å². The van der Waals surface area contributed by atoms with E-state index in [0.717, 1.165) is 42.3 Å². The van der Waals surface area contributed by atoms with Crippen LogP contribution in [0.25, 0.3) is 11.1 Å². The molecule has 8 heteroatoms. The van der Waals surface area contributed by atoms with Crippen LogP contribution in [0.3, 0.4) is 0 Å². The number of carbonyl (C=O) groups is 1. The molecule has 32 heavy (non-hydrogen) atoms. The van der Waals surface area contributed by atoms with E-state index in [4.69, 9.17) is 11.6 Å². The van der Waals surface area contributed by atoms with Crippen molar-refractivity contribution in [1.29, 1.82) is 0 Å². The molecule has 5 nitrogen and oxygen atoms in total. The average Bonchev–Trinajstić information content (AvgIpc) is 2.79. The van der Waals surface area contributed by atoms with Gasteiger partial charge in [0.05, 0.1) is 10.9 Å². The maximum absolute atomic E-state index is 13.4. The highest BCUT2D eigenvalue weighted by atomic mass is 35.5. The zero-order chi connectivity index (χ0) is 22.5. The molecule has 1 amide bonds. The first-order chi connectivity index (χ1) is 15.5. The van der Waals surface area contributed by atoms with Gasteiger partial charge in [-0.25, -0.2) is 13.8 Å². The van der Waals surface area contributed by atoms with E-state index < -0.39 is 11.6 Å². The minimum atomic E-state index is -0.613. The Kier molecular flexibility index (Phi) is 6.97. The summed E-state index contributed by atoms with van der Waals surface area (Å²) >= 11 is 6.39. The summed E-state index contributed by atoms with van der Waals surface area (Å²) in [5.41, 5.74) is 2.80. The minimum absolute atomic E-state index is 0.0595. The summed E-state index contributed by atoms with van der Waals surface area (Å²) in [5, 5.41) is 9.74. The van der Waals surface area contributed by atoms with Gasteiger partial charge in [0, 0.05) is 36.6 Å². The summed E-state index contributed by atoms with van der Waals surface area (Å²) in [5.74, 6) is -0.926. The van der Waals surface area contributed by atoms with Gasteiger partial charge in [0.2, 0.25) is 5.91 Å². The molecule has 1 saturated heterocycles. The van der Waals surface area contributed by atoms with Crippen molar-refractivity contribution in [3.63, 3.8) is 0 Å². The van der Waals surface area contributed by atoms with Crippen LogP contribution < -0.4 is 16.0 Å². The number of nitrogens with one attached hydrogen (secondary N) is 3. The van der Waals surface area contributed by atoms with Gasteiger partial charge in [-0.3, -0.25) is 4.79 Å². The van der Waals surface area contributed by atoms with Crippen molar-refractivity contribution in [1.82, 2.24) is 10.3 Å². The van der Waals surface area contributed by atoms with Crippen LogP contribution in [-0.2, 0) is 11.3 Å². The second-order valence-electron chi connectivity index (χ2n) is 7.79. The SMILES string of the molecule is O=C(Nc1cc(-c2cccc(NCc3cc(F)cc(F)c3)c2)c(Cl)cn1)C1CCCNC1. The molecule has 0 saturated carbocycles. The Balaban J connectivity index is 1.49. The zero-order valence-electron chi connectivity index (χ0n) is 17.3. The van der Waals surface area contributed by atoms with Gasteiger partial charge >= 0.3 is 0 Å². The largest absolute Gasteiger partial charge is 0.381 e. The maximum atomic E-state index is 13.4. The number of piperidine rings is 1. The van der Waals surface area contributed by atoms with Crippen molar-refractivity contribution in [3.8, 4) is 11.1 Å². The number of rotatable bonds is 6. The van der Waals surface area contributed by atoms with E-state index in [-0.39, 0.29) is 18.4 Å². The standard InChI is InChI=1S/C24H23ClF2N4O/c25-22-14-30-23(31-24(32)17-4-2-6-28-13-17)11-21(22)16-3-1-5-20(9-16)29-12-15-7-18(26)10-19(27)8-15/h1,3,5,7-11,14,17,28-29H,2,4,6,12-13H2,(H,30,31,32). The number of hydrogen-bond donors (Lipinski definition) is 3. The Bertz CT molecular complexity index is 1100. The molecule has 0 radical (unpaired) electrons. The van der Waals surface area contributed by atoms with Crippen molar-refractivity contribution in [2.45, 2.75) is 19.4 Å². The average molecular weight is 457 g/mol. The quantitative estimate of drug-likeness (QED) is 0.475. The maximum Gasteiger partial charge on any atom is 0.229 e. The molecule has 2 heterocycles. The topological polar surface area (TPSA) is 66.0 Å². The Labute approximate surface area is 190 Å². The first-order valence-electron chi connectivity index (χ1n) is 10.4. The highest BCUT2D eigenvalue weighted by Gasteiger charge is 2.21. The highest BCUT2D eigenvalue weighted by Crippen LogP contribution is 2.31. The van der Waals surface area contributed by atoms with E-state index in [1.165, 1.54) is 18.3 Å². The summed E-state index contributed by atoms with van der Waals surface area (Å²) in [6.45, 7) is 1.86. The third kappa shape index (κ3) is 5.60. The lowest BCUT2D eigenvalue weighted by Crippen LogP contribution is -2.37. The molecule has 3 aromatic rings. The number of aromatic nitrogens is 1. The molecule has 0 aliphatic carbocycles. The van der Waals surface area contributed by atoms with Crippen LogP contribution in [0.1, 0.15) is 18.4 Å². The third-order valence-corrected chi connectivity index (χ3v) is 5.67. The van der Waals surface area contributed by atoms with E-state index in [1.54, 1.807) is 6.07 Å². The molecule has 1 aliphatic heterocycles. The molecule has 1 aromatic heterocycles. The molecule has 4 rings (SSSR count). The fraction of sp³-hybridized carbons (Fsp3) is 0.250. The van der Waals surface area contributed by atoms with Crippen LogP contribution in [0.2, 0.25) is 5.02 Å². The van der Waals surface area contributed by atoms with Crippen LogP contribution in [0.15, 0.2) is 54.7 Å². The predicted octanol–water partition coefficient (Wildman–Crippen LogP) is 5.23. The van der Waals surface area contributed by atoms with Crippen molar-refractivity contribution in [2.24, 2.45) is 5.92 Å². The Hall–Kier alpha value is -3.03. The summed E-state index contributed by atoms with van der Waals surface area (Å²) in [6, 6.07) is 12.7. The third-order valence-electron chi connectivity index (χ3n) is 5.37. The van der Waals surface area contributed by atoms with Crippen LogP contribution in [0.5, 0.6) is 0 Å². The van der Waals surface area contributed by atoms with E-state index in [9.17, 15) is 13.6 Å². The van der Waals surface area contributed by atoms with Crippen molar-refractivity contribution in [2.75, 3.05) is 23.7 Å². The molecule has 2 aromatic carbocycles. The van der Waals surface area contributed by atoms with Crippen LogP contribution in [0.4, 0.5) is 20.3 Å². The zero-order valence-corrected chi connectivity index (χ0v) is 18.1. The van der Waals surface area contributed by atoms with E-state index in [0.29, 0.717) is 22.9 Å². The van der Waals surface area contributed by atoms with Crippen molar-refractivity contribution >= 4 is 29.0 Å². The molecule has 166 valence electrons. The summed E-state index contributed by atoms with van der Waals surface area (Å²) in [4.78, 5) is 16.8. The normalized spacial score (nSPS) is 15.9. The first-order valence-corrected chi connectivity index (χ1v) is 10.8. The van der Waals surface area contributed by atoms with E-state index in [1.807, 2.05) is 24.3 Å².